The molecule has 1 N–H and O–H groups in total. The highest BCUT2D eigenvalue weighted by molar-refractivity contribution is 5.75. The maximum absolute atomic E-state index is 13.0. The maximum atomic E-state index is 13.0. The number of benzene rings is 2. The molecule has 1 unspecified atom stereocenters. The Morgan fingerprint density at radius 1 is 1.06 bits per heavy atom. The van der Waals surface area contributed by atoms with Gasteiger partial charge in [-0.15, -0.1) is 0 Å². The predicted octanol–water partition coefficient (Wildman–Crippen LogP) is 4.59. The summed E-state index contributed by atoms with van der Waals surface area (Å²) in [5.41, 5.74) is 3.39. The molecule has 0 aromatic heterocycles. The van der Waals surface area contributed by atoms with Crippen LogP contribution in [0.1, 0.15) is 49.4 Å². The van der Waals surface area contributed by atoms with Crippen LogP contribution < -0.4 is 14.8 Å². The minimum Gasteiger partial charge on any atom is -0.497 e. The molecule has 3 rings (SSSR count). The van der Waals surface area contributed by atoms with Crippen molar-refractivity contribution in [1.29, 1.82) is 0 Å². The number of hydrogen-bond donors (Lipinski definition) is 1. The number of carbonyl (C=O) groups is 1. The topological polar surface area (TPSA) is 54.0 Å². The van der Waals surface area contributed by atoms with Crippen molar-refractivity contribution < 1.29 is 14.3 Å². The molecule has 2 aromatic rings. The van der Waals surface area contributed by atoms with Gasteiger partial charge >= 0.3 is 6.03 Å². The number of ether oxygens (including phenoxy) is 2. The molecule has 2 amide bonds. The Kier molecular flexibility index (Phi) is 8.18. The van der Waals surface area contributed by atoms with Gasteiger partial charge in [-0.1, -0.05) is 38.1 Å². The number of rotatable bonds is 9. The molecule has 0 spiro atoms. The van der Waals surface area contributed by atoms with Gasteiger partial charge < -0.3 is 19.7 Å². The highest BCUT2D eigenvalue weighted by Gasteiger charge is 2.32. The summed E-state index contributed by atoms with van der Waals surface area (Å²) in [6.07, 6.45) is 1.88. The Labute approximate surface area is 186 Å². The van der Waals surface area contributed by atoms with E-state index >= 15 is 0 Å². The lowest BCUT2D eigenvalue weighted by Gasteiger charge is -2.27. The number of carbonyl (C=O) groups excluding carboxylic acids is 1. The van der Waals surface area contributed by atoms with E-state index in [9.17, 15) is 4.79 Å². The lowest BCUT2D eigenvalue weighted by atomic mass is 10.0. The minimum absolute atomic E-state index is 0.0125. The molecule has 1 saturated heterocycles. The number of urea groups is 1. The van der Waals surface area contributed by atoms with Gasteiger partial charge in [0, 0.05) is 25.2 Å². The molecule has 1 aliphatic rings. The standard InChI is InChI=1S/C25H35N3O3/c1-5-27(6-2)18-20-11-9-19(10-12-20)17-26-25(29)28-15-7-8-23(28)22-16-21(30-3)13-14-24(22)31-4/h9-14,16,23H,5-8,15,17-18H2,1-4H3,(H,26,29). The minimum atomic E-state index is -0.0420. The van der Waals surface area contributed by atoms with E-state index < -0.39 is 0 Å². The molecule has 1 atom stereocenters. The Morgan fingerprint density at radius 2 is 1.77 bits per heavy atom. The molecule has 168 valence electrons. The predicted molar refractivity (Wildman–Crippen MR) is 124 cm³/mol. The SMILES string of the molecule is CCN(CC)Cc1ccc(CNC(=O)N2CCCC2c2cc(OC)ccc2OC)cc1. The van der Waals surface area contributed by atoms with Gasteiger partial charge in [0.05, 0.1) is 20.3 Å². The van der Waals surface area contributed by atoms with Crippen LogP contribution in [0, 0.1) is 0 Å². The third-order valence-electron chi connectivity index (χ3n) is 6.08. The smallest absolute Gasteiger partial charge is 0.318 e. The number of likely N-dealkylation sites (tertiary alicyclic amines) is 1. The summed E-state index contributed by atoms with van der Waals surface area (Å²) in [6.45, 7) is 8.66. The summed E-state index contributed by atoms with van der Waals surface area (Å²) in [5.74, 6) is 1.56. The van der Waals surface area contributed by atoms with Crippen molar-refractivity contribution in [3.05, 3.63) is 59.2 Å². The number of nitrogens with one attached hydrogen (secondary N) is 1. The van der Waals surface area contributed by atoms with Crippen LogP contribution in [-0.4, -0.2) is 49.7 Å². The largest absolute Gasteiger partial charge is 0.497 e. The lowest BCUT2D eigenvalue weighted by Crippen LogP contribution is -2.39. The van der Waals surface area contributed by atoms with Crippen LogP contribution in [0.15, 0.2) is 42.5 Å². The number of amides is 2. The molecule has 0 saturated carbocycles. The zero-order valence-electron chi connectivity index (χ0n) is 19.2. The van der Waals surface area contributed by atoms with Crippen LogP contribution in [-0.2, 0) is 13.1 Å². The molecule has 0 aliphatic carbocycles. The highest BCUT2D eigenvalue weighted by Crippen LogP contribution is 2.38. The molecule has 0 bridgehead atoms. The average Bonchev–Trinajstić information content (AvgIpc) is 3.31. The zero-order chi connectivity index (χ0) is 22.2. The van der Waals surface area contributed by atoms with Gasteiger partial charge in [-0.25, -0.2) is 4.79 Å². The van der Waals surface area contributed by atoms with Crippen molar-refractivity contribution in [2.45, 2.75) is 45.8 Å². The quantitative estimate of drug-likeness (QED) is 0.638. The maximum Gasteiger partial charge on any atom is 0.318 e. The van der Waals surface area contributed by atoms with Gasteiger partial charge in [0.1, 0.15) is 11.5 Å². The second-order valence-electron chi connectivity index (χ2n) is 7.90. The first kappa shape index (κ1) is 22.9. The summed E-state index contributed by atoms with van der Waals surface area (Å²) in [6, 6.07) is 14.2. The van der Waals surface area contributed by atoms with Crippen LogP contribution in [0.5, 0.6) is 11.5 Å². The number of methoxy groups -OCH3 is 2. The van der Waals surface area contributed by atoms with Crippen LogP contribution >= 0.6 is 0 Å². The van der Waals surface area contributed by atoms with Crippen LogP contribution in [0.4, 0.5) is 4.79 Å². The van der Waals surface area contributed by atoms with Crippen molar-refractivity contribution in [3.63, 3.8) is 0 Å². The van der Waals surface area contributed by atoms with Gasteiger partial charge in [0.15, 0.2) is 0 Å². The van der Waals surface area contributed by atoms with Crippen LogP contribution in [0.2, 0.25) is 0 Å². The van der Waals surface area contributed by atoms with Crippen molar-refractivity contribution in [3.8, 4) is 11.5 Å². The Hall–Kier alpha value is -2.73. The third kappa shape index (κ3) is 5.70. The monoisotopic (exact) mass is 425 g/mol. The van der Waals surface area contributed by atoms with E-state index in [4.69, 9.17) is 9.47 Å². The molecule has 2 aromatic carbocycles. The van der Waals surface area contributed by atoms with E-state index in [1.165, 1.54) is 5.56 Å². The van der Waals surface area contributed by atoms with Gasteiger partial charge in [-0.3, -0.25) is 4.90 Å². The second-order valence-corrected chi connectivity index (χ2v) is 7.90. The molecular weight excluding hydrogens is 390 g/mol. The van der Waals surface area contributed by atoms with Gasteiger partial charge in [-0.2, -0.15) is 0 Å². The molecule has 1 aliphatic heterocycles. The summed E-state index contributed by atoms with van der Waals surface area (Å²) < 4.78 is 10.9. The van der Waals surface area contributed by atoms with Crippen LogP contribution in [0.3, 0.4) is 0 Å². The number of nitrogens with zero attached hydrogens (tertiary/aromatic N) is 2. The average molecular weight is 426 g/mol. The zero-order valence-corrected chi connectivity index (χ0v) is 19.2. The van der Waals surface area contributed by atoms with E-state index in [2.05, 4.69) is 48.3 Å². The van der Waals surface area contributed by atoms with E-state index in [0.29, 0.717) is 6.54 Å². The Balaban J connectivity index is 1.63. The van der Waals surface area contributed by atoms with Crippen molar-refractivity contribution in [2.75, 3.05) is 33.9 Å². The van der Waals surface area contributed by atoms with Gasteiger partial charge in [-0.05, 0) is 55.3 Å². The normalized spacial score (nSPS) is 15.9. The molecule has 31 heavy (non-hydrogen) atoms. The summed E-state index contributed by atoms with van der Waals surface area (Å²) in [7, 11) is 3.31. The summed E-state index contributed by atoms with van der Waals surface area (Å²) in [4.78, 5) is 17.3. The molecule has 6 heteroatoms. The Morgan fingerprint density at radius 3 is 2.42 bits per heavy atom. The molecule has 0 radical (unpaired) electrons. The summed E-state index contributed by atoms with van der Waals surface area (Å²) >= 11 is 0. The first-order valence-electron chi connectivity index (χ1n) is 11.2. The highest BCUT2D eigenvalue weighted by atomic mass is 16.5. The van der Waals surface area contributed by atoms with Gasteiger partial charge in [0.25, 0.3) is 0 Å². The fraction of sp³-hybridized carbons (Fsp3) is 0.480. The molecule has 6 nitrogen and oxygen atoms in total. The number of hydrogen-bond acceptors (Lipinski definition) is 4. The molecule has 1 fully saturated rings. The first-order chi connectivity index (χ1) is 15.1. The van der Waals surface area contributed by atoms with Gasteiger partial charge in [0.2, 0.25) is 0 Å². The third-order valence-corrected chi connectivity index (χ3v) is 6.08. The van der Waals surface area contributed by atoms with E-state index in [1.54, 1.807) is 14.2 Å². The lowest BCUT2D eigenvalue weighted by molar-refractivity contribution is 0.191. The second kappa shape index (κ2) is 11.0. The van der Waals surface area contributed by atoms with Crippen molar-refractivity contribution >= 4 is 6.03 Å². The van der Waals surface area contributed by atoms with Crippen molar-refractivity contribution in [2.24, 2.45) is 0 Å². The van der Waals surface area contributed by atoms with E-state index in [-0.39, 0.29) is 12.1 Å². The van der Waals surface area contributed by atoms with Crippen LogP contribution in [0.25, 0.3) is 0 Å². The molecule has 1 heterocycles. The fourth-order valence-electron chi connectivity index (χ4n) is 4.18. The first-order valence-corrected chi connectivity index (χ1v) is 11.2. The fourth-order valence-corrected chi connectivity index (χ4v) is 4.18. The van der Waals surface area contributed by atoms with Crippen molar-refractivity contribution in [1.82, 2.24) is 15.1 Å². The van der Waals surface area contributed by atoms with E-state index in [1.807, 2.05) is 23.1 Å². The molecular formula is C25H35N3O3. The summed E-state index contributed by atoms with van der Waals surface area (Å²) in [5, 5.41) is 3.09. The Bertz CT molecular complexity index is 850. The van der Waals surface area contributed by atoms with E-state index in [0.717, 1.165) is 61.6 Å².